The number of carbonyl (C=O) groups is 1. The van der Waals surface area contributed by atoms with E-state index in [9.17, 15) is 4.79 Å². The van der Waals surface area contributed by atoms with Crippen molar-refractivity contribution in [2.45, 2.75) is 58.5 Å². The Kier molecular flexibility index (Phi) is 6.26. The van der Waals surface area contributed by atoms with Crippen LogP contribution in [-0.4, -0.2) is 54.9 Å². The fourth-order valence-electron chi connectivity index (χ4n) is 4.75. The molecule has 0 atom stereocenters. The van der Waals surface area contributed by atoms with Crippen LogP contribution in [0.15, 0.2) is 24.4 Å². The molecule has 1 amide bonds. The van der Waals surface area contributed by atoms with Crippen LogP contribution in [0, 0.1) is 5.92 Å². The summed E-state index contributed by atoms with van der Waals surface area (Å²) in [5, 5.41) is 1.19. The van der Waals surface area contributed by atoms with Crippen LogP contribution in [-0.2, 0) is 11.2 Å². The number of hydrogen-bond donors (Lipinski definition) is 0. The van der Waals surface area contributed by atoms with Crippen LogP contribution >= 0.6 is 0 Å². The van der Waals surface area contributed by atoms with Crippen LogP contribution < -0.4 is 9.64 Å². The van der Waals surface area contributed by atoms with Gasteiger partial charge >= 0.3 is 6.09 Å². The highest BCUT2D eigenvalue weighted by molar-refractivity contribution is 5.94. The lowest BCUT2D eigenvalue weighted by Crippen LogP contribution is -2.42. The first-order chi connectivity index (χ1) is 14.8. The number of fused-ring (bicyclic) bond motifs is 3. The molecule has 0 radical (unpaired) electrons. The maximum Gasteiger partial charge on any atom is 0.410 e. The Morgan fingerprint density at radius 2 is 1.97 bits per heavy atom. The molecule has 1 fully saturated rings. The van der Waals surface area contributed by atoms with Crippen molar-refractivity contribution in [3.8, 4) is 5.75 Å². The molecule has 2 aliphatic rings. The summed E-state index contributed by atoms with van der Waals surface area (Å²) in [7, 11) is 1.71. The van der Waals surface area contributed by atoms with E-state index in [1.54, 1.807) is 7.11 Å². The number of carbonyl (C=O) groups excluding carboxylic acids is 1. The minimum Gasteiger partial charge on any atom is -0.497 e. The second-order valence-electron chi connectivity index (χ2n) is 9.81. The van der Waals surface area contributed by atoms with Gasteiger partial charge in [0.2, 0.25) is 0 Å². The van der Waals surface area contributed by atoms with Crippen molar-refractivity contribution in [1.29, 1.82) is 0 Å². The number of nitrogens with zero attached hydrogens (tertiary/aromatic N) is 3. The average Bonchev–Trinajstić information content (AvgIpc) is 2.76. The van der Waals surface area contributed by atoms with Gasteiger partial charge in [0.25, 0.3) is 0 Å². The van der Waals surface area contributed by atoms with Gasteiger partial charge in [0.15, 0.2) is 0 Å². The molecule has 2 aromatic rings. The van der Waals surface area contributed by atoms with Gasteiger partial charge in [-0.15, -0.1) is 0 Å². The molecule has 0 saturated carbocycles. The second-order valence-corrected chi connectivity index (χ2v) is 9.81. The van der Waals surface area contributed by atoms with Crippen molar-refractivity contribution in [1.82, 2.24) is 9.88 Å². The number of methoxy groups -OCH3 is 1. The molecule has 0 N–H and O–H groups in total. The first-order valence-electron chi connectivity index (χ1n) is 11.5. The number of amides is 1. The van der Waals surface area contributed by atoms with Crippen molar-refractivity contribution in [2.24, 2.45) is 5.92 Å². The summed E-state index contributed by atoms with van der Waals surface area (Å²) in [5.41, 5.74) is 3.26. The zero-order valence-electron chi connectivity index (χ0n) is 19.3. The van der Waals surface area contributed by atoms with E-state index in [1.807, 2.05) is 37.8 Å². The van der Waals surface area contributed by atoms with Gasteiger partial charge in [-0.2, -0.15) is 0 Å². The van der Waals surface area contributed by atoms with Crippen LogP contribution in [0.25, 0.3) is 10.9 Å². The number of aromatic nitrogens is 1. The highest BCUT2D eigenvalue weighted by atomic mass is 16.6. The van der Waals surface area contributed by atoms with Crippen LogP contribution in [0.5, 0.6) is 5.75 Å². The minimum atomic E-state index is -0.435. The molecule has 3 heterocycles. The number of rotatable bonds is 4. The lowest BCUT2D eigenvalue weighted by atomic mass is 9.92. The molecule has 31 heavy (non-hydrogen) atoms. The third-order valence-electron chi connectivity index (χ3n) is 6.39. The molecule has 168 valence electrons. The van der Waals surface area contributed by atoms with Crippen LogP contribution in [0.3, 0.4) is 0 Å². The Morgan fingerprint density at radius 1 is 1.19 bits per heavy atom. The highest BCUT2D eigenvalue weighted by Crippen LogP contribution is 2.36. The third kappa shape index (κ3) is 5.05. The predicted molar refractivity (Wildman–Crippen MR) is 124 cm³/mol. The number of ether oxygens (including phenoxy) is 2. The largest absolute Gasteiger partial charge is 0.497 e. The third-order valence-corrected chi connectivity index (χ3v) is 6.39. The number of piperidine rings is 1. The van der Waals surface area contributed by atoms with E-state index in [0.29, 0.717) is 5.92 Å². The Labute approximate surface area is 185 Å². The fraction of sp³-hybridized carbons (Fsp3) is 0.600. The number of hydrogen-bond acceptors (Lipinski definition) is 5. The zero-order chi connectivity index (χ0) is 22.0. The number of likely N-dealkylation sites (tertiary alicyclic amines) is 1. The quantitative estimate of drug-likeness (QED) is 0.687. The lowest BCUT2D eigenvalue weighted by Gasteiger charge is -2.36. The van der Waals surface area contributed by atoms with Crippen molar-refractivity contribution < 1.29 is 14.3 Å². The lowest BCUT2D eigenvalue weighted by molar-refractivity contribution is 0.0182. The number of pyridine rings is 1. The van der Waals surface area contributed by atoms with Crippen molar-refractivity contribution in [3.63, 3.8) is 0 Å². The van der Waals surface area contributed by atoms with Gasteiger partial charge < -0.3 is 19.3 Å². The van der Waals surface area contributed by atoms with Gasteiger partial charge in [0.05, 0.1) is 18.3 Å². The molecule has 0 spiro atoms. The summed E-state index contributed by atoms with van der Waals surface area (Å²) in [4.78, 5) is 21.4. The van der Waals surface area contributed by atoms with E-state index < -0.39 is 5.60 Å². The standard InChI is InChI=1S/C25H35N3O3/c1-25(2,3)31-24(29)28-14-10-18(11-15-28)9-13-27-12-5-6-19-17-26-22-8-7-20(30-4)16-21(22)23(19)27/h7-8,16-18H,5-6,9-15H2,1-4H3. The molecule has 1 aromatic heterocycles. The highest BCUT2D eigenvalue weighted by Gasteiger charge is 2.28. The Bertz CT molecular complexity index is 924. The maximum absolute atomic E-state index is 12.3. The number of benzene rings is 1. The van der Waals surface area contributed by atoms with E-state index in [4.69, 9.17) is 9.47 Å². The molecule has 2 aliphatic heterocycles. The van der Waals surface area contributed by atoms with Crippen LogP contribution in [0.1, 0.15) is 52.0 Å². The zero-order valence-corrected chi connectivity index (χ0v) is 19.3. The SMILES string of the molecule is COc1ccc2ncc3c(c2c1)N(CCC1CCN(C(=O)OC(C)(C)C)CC1)CCC3. The van der Waals surface area contributed by atoms with E-state index in [1.165, 1.54) is 23.1 Å². The van der Waals surface area contributed by atoms with Gasteiger partial charge in [0, 0.05) is 37.8 Å². The molecule has 1 aromatic carbocycles. The molecule has 0 bridgehead atoms. The number of anilines is 1. The first-order valence-corrected chi connectivity index (χ1v) is 11.5. The molecular weight excluding hydrogens is 390 g/mol. The van der Waals surface area contributed by atoms with Crippen molar-refractivity contribution >= 4 is 22.7 Å². The van der Waals surface area contributed by atoms with Gasteiger partial charge in [0.1, 0.15) is 11.4 Å². The van der Waals surface area contributed by atoms with E-state index in [2.05, 4.69) is 22.1 Å². The Morgan fingerprint density at radius 3 is 2.68 bits per heavy atom. The van der Waals surface area contributed by atoms with Gasteiger partial charge in [-0.3, -0.25) is 4.98 Å². The van der Waals surface area contributed by atoms with Crippen LogP contribution in [0.2, 0.25) is 0 Å². The molecule has 6 heteroatoms. The summed E-state index contributed by atoms with van der Waals surface area (Å²) >= 11 is 0. The van der Waals surface area contributed by atoms with Gasteiger partial charge in [-0.25, -0.2) is 4.79 Å². The van der Waals surface area contributed by atoms with E-state index >= 15 is 0 Å². The Hall–Kier alpha value is -2.50. The first kappa shape index (κ1) is 21.7. The molecule has 6 nitrogen and oxygen atoms in total. The second kappa shape index (κ2) is 8.93. The Balaban J connectivity index is 1.40. The normalized spacial score (nSPS) is 17.5. The summed E-state index contributed by atoms with van der Waals surface area (Å²) in [6, 6.07) is 6.15. The van der Waals surface area contributed by atoms with Gasteiger partial charge in [-0.1, -0.05) is 0 Å². The van der Waals surface area contributed by atoms with Crippen LogP contribution in [0.4, 0.5) is 10.5 Å². The maximum atomic E-state index is 12.3. The monoisotopic (exact) mass is 425 g/mol. The summed E-state index contributed by atoms with van der Waals surface area (Å²) in [6.07, 6.45) is 7.37. The summed E-state index contributed by atoms with van der Waals surface area (Å²) in [5.74, 6) is 1.52. The molecule has 1 saturated heterocycles. The van der Waals surface area contributed by atoms with Crippen molar-refractivity contribution in [3.05, 3.63) is 30.0 Å². The predicted octanol–water partition coefficient (Wildman–Crippen LogP) is 5.03. The molecular formula is C25H35N3O3. The molecule has 0 aliphatic carbocycles. The average molecular weight is 426 g/mol. The summed E-state index contributed by atoms with van der Waals surface area (Å²) < 4.78 is 11.0. The number of aryl methyl sites for hydroxylation is 1. The smallest absolute Gasteiger partial charge is 0.410 e. The summed E-state index contributed by atoms with van der Waals surface area (Å²) in [6.45, 7) is 9.47. The topological polar surface area (TPSA) is 54.9 Å². The fourth-order valence-corrected chi connectivity index (χ4v) is 4.75. The molecule has 4 rings (SSSR count). The molecule has 0 unspecified atom stereocenters. The van der Waals surface area contributed by atoms with E-state index in [0.717, 1.165) is 63.1 Å². The minimum absolute atomic E-state index is 0.177. The van der Waals surface area contributed by atoms with E-state index in [-0.39, 0.29) is 6.09 Å². The van der Waals surface area contributed by atoms with Gasteiger partial charge in [-0.05, 0) is 82.6 Å². The van der Waals surface area contributed by atoms with Crippen molar-refractivity contribution in [2.75, 3.05) is 38.2 Å².